The molecule has 0 aliphatic carbocycles. The van der Waals surface area contributed by atoms with Gasteiger partial charge in [-0.3, -0.25) is 0 Å². The Morgan fingerprint density at radius 1 is 0.500 bits per heavy atom. The van der Waals surface area contributed by atoms with E-state index in [0.29, 0.717) is 0 Å². The number of rotatable bonds is 0. The predicted octanol–water partition coefficient (Wildman–Crippen LogP) is -0.393. The maximum atomic E-state index is 0. The molecule has 0 aliphatic heterocycles. The Labute approximate surface area is 101 Å². The van der Waals surface area contributed by atoms with E-state index in [1.165, 1.54) is 0 Å². The van der Waals surface area contributed by atoms with Crippen LogP contribution in [-0.2, 0) is 85.2 Å². The summed E-state index contributed by atoms with van der Waals surface area (Å²) in [5.41, 5.74) is 0. The third kappa shape index (κ3) is 27.6. The molecule has 6 heteroatoms. The van der Waals surface area contributed by atoms with Gasteiger partial charge in [-0.15, -0.1) is 0 Å². The van der Waals surface area contributed by atoms with Crippen LogP contribution in [0.3, 0.4) is 0 Å². The van der Waals surface area contributed by atoms with Gasteiger partial charge in [-0.2, -0.15) is 0 Å². The van der Waals surface area contributed by atoms with Crippen molar-refractivity contribution < 1.29 is 44.8 Å². The first-order valence-electron chi connectivity index (χ1n) is 0. The zero-order chi connectivity index (χ0) is 0. The number of hydrogen-bond acceptors (Lipinski definition) is 0. The van der Waals surface area contributed by atoms with Crippen LogP contribution >= 0.6 is 0 Å². The molecule has 6 heavy (non-hydrogen) atoms. The summed E-state index contributed by atoms with van der Waals surface area (Å²) >= 11 is 0. The van der Waals surface area contributed by atoms with Crippen LogP contribution in [0.1, 0.15) is 0 Å². The van der Waals surface area contributed by atoms with E-state index in [0.717, 1.165) is 0 Å². The maximum Gasteiger partial charge on any atom is 4.00 e. The van der Waals surface area contributed by atoms with Gasteiger partial charge in [-0.25, -0.2) is 0 Å². The Bertz CT molecular complexity index is 8.75. The summed E-state index contributed by atoms with van der Waals surface area (Å²) < 4.78 is 0. The Morgan fingerprint density at radius 2 is 0.500 bits per heavy atom. The molecule has 0 bridgehead atoms. The van der Waals surface area contributed by atoms with Crippen LogP contribution in [0.5, 0.6) is 0 Å². The second-order valence-electron chi connectivity index (χ2n) is 0. The summed E-state index contributed by atoms with van der Waals surface area (Å²) in [7, 11) is 0. The molecule has 0 rings (SSSR count). The van der Waals surface area contributed by atoms with Crippen molar-refractivity contribution in [1.82, 2.24) is 0 Å². The molecule has 0 heterocycles. The van der Waals surface area contributed by atoms with Crippen LogP contribution in [0.4, 0.5) is 0 Å². The SMILES string of the molecule is [Ag+].[Ag+].[Ge+4].[S-2].[S-2].[S-2]. The molecular formula is Ag2GeS3. The zero-order valence-corrected chi connectivity index (χ0v) is 9.84. The average Bonchev–Trinajstić information content (AvgIpc) is 0. The first-order valence-corrected chi connectivity index (χ1v) is 0. The van der Waals surface area contributed by atoms with Crippen molar-refractivity contribution in [3.05, 3.63) is 0 Å². The van der Waals surface area contributed by atoms with Gasteiger partial charge in [0.1, 0.15) is 0 Å². The van der Waals surface area contributed by atoms with Gasteiger partial charge in [-0.1, -0.05) is 0 Å². The molecule has 0 aromatic rings. The third-order valence-electron chi connectivity index (χ3n) is 0. The molecule has 0 aliphatic rings. The van der Waals surface area contributed by atoms with Crippen LogP contribution in [0.15, 0.2) is 0 Å². The standard InChI is InChI=1S/2Ag.Ge.3S/q2*+1;+4;3*-2. The van der Waals surface area contributed by atoms with Crippen molar-refractivity contribution in [3.63, 3.8) is 0 Å². The van der Waals surface area contributed by atoms with Crippen LogP contribution in [0, 0.1) is 0 Å². The summed E-state index contributed by atoms with van der Waals surface area (Å²) in [4.78, 5) is 0. The molecule has 0 aromatic carbocycles. The Balaban J connectivity index is 0. The molecule has 0 nitrogen and oxygen atoms in total. The molecule has 0 unspecified atom stereocenters. The quantitative estimate of drug-likeness (QED) is 0.499. The first kappa shape index (κ1) is 62.6. The fourth-order valence-electron chi connectivity index (χ4n) is 0. The fourth-order valence-corrected chi connectivity index (χ4v) is 0. The van der Waals surface area contributed by atoms with E-state index in [4.69, 9.17) is 0 Å². The molecule has 44 valence electrons. The molecular weight excluding hydrogens is 385 g/mol. The largest absolute Gasteiger partial charge is 4.00 e. The van der Waals surface area contributed by atoms with Gasteiger partial charge in [0.25, 0.3) is 0 Å². The zero-order valence-electron chi connectivity index (χ0n) is 2.33. The molecule has 0 saturated heterocycles. The van der Waals surface area contributed by atoms with E-state index in [-0.39, 0.29) is 103 Å². The third-order valence-corrected chi connectivity index (χ3v) is 0. The average molecular weight is 385 g/mol. The van der Waals surface area contributed by atoms with Crippen molar-refractivity contribution >= 4 is 58.1 Å². The number of hydrogen-bond donors (Lipinski definition) is 0. The van der Waals surface area contributed by atoms with Gasteiger partial charge in [0, 0.05) is 0 Å². The predicted molar refractivity (Wildman–Crippen MR) is 27.8 cm³/mol. The van der Waals surface area contributed by atoms with Crippen LogP contribution in [0.2, 0.25) is 0 Å². The molecule has 0 saturated carbocycles. The molecule has 0 N–H and O–H groups in total. The van der Waals surface area contributed by atoms with Gasteiger partial charge in [-0.05, 0) is 0 Å². The van der Waals surface area contributed by atoms with Gasteiger partial charge in [0.05, 0.1) is 0 Å². The molecule has 0 aromatic heterocycles. The van der Waals surface area contributed by atoms with Crippen molar-refractivity contribution in [1.29, 1.82) is 0 Å². The molecule has 0 atom stereocenters. The molecule has 0 amide bonds. The van der Waals surface area contributed by atoms with Crippen molar-refractivity contribution in [2.45, 2.75) is 0 Å². The summed E-state index contributed by atoms with van der Waals surface area (Å²) in [6.07, 6.45) is 0. The van der Waals surface area contributed by atoms with Crippen molar-refractivity contribution in [2.24, 2.45) is 0 Å². The van der Waals surface area contributed by atoms with E-state index in [1.54, 1.807) is 0 Å². The van der Waals surface area contributed by atoms with Gasteiger partial charge < -0.3 is 40.5 Å². The normalized spacial score (nSPS) is 0. The fraction of sp³-hybridized carbons (Fsp3) is 0. The van der Waals surface area contributed by atoms with Gasteiger partial charge >= 0.3 is 62.4 Å². The Morgan fingerprint density at radius 3 is 0.500 bits per heavy atom. The van der Waals surface area contributed by atoms with Crippen LogP contribution in [-0.4, -0.2) is 17.6 Å². The second kappa shape index (κ2) is 42.8. The first-order chi connectivity index (χ1) is 0. The molecule has 0 radical (unpaired) electrons. The maximum absolute atomic E-state index is 0. The Kier molecular flexibility index (Phi) is 446. The minimum absolute atomic E-state index is 0. The van der Waals surface area contributed by atoms with E-state index in [1.807, 2.05) is 0 Å². The minimum atomic E-state index is 0. The van der Waals surface area contributed by atoms with Gasteiger partial charge in [0.15, 0.2) is 0 Å². The summed E-state index contributed by atoms with van der Waals surface area (Å²) in [6, 6.07) is 0. The Hall–Kier alpha value is 3.07. The monoisotopic (exact) mass is 384 g/mol. The minimum Gasteiger partial charge on any atom is -2.00 e. The van der Waals surface area contributed by atoms with E-state index < -0.39 is 0 Å². The topological polar surface area (TPSA) is 0 Å². The van der Waals surface area contributed by atoms with E-state index in [9.17, 15) is 0 Å². The summed E-state index contributed by atoms with van der Waals surface area (Å²) in [5, 5.41) is 0. The summed E-state index contributed by atoms with van der Waals surface area (Å²) in [6.45, 7) is 0. The van der Waals surface area contributed by atoms with Gasteiger partial charge in [0.2, 0.25) is 0 Å². The van der Waals surface area contributed by atoms with Crippen molar-refractivity contribution in [3.8, 4) is 0 Å². The smallest absolute Gasteiger partial charge is 2.00 e. The van der Waals surface area contributed by atoms with Crippen LogP contribution in [0.25, 0.3) is 0 Å². The van der Waals surface area contributed by atoms with E-state index >= 15 is 0 Å². The molecule has 0 fully saturated rings. The van der Waals surface area contributed by atoms with E-state index in [2.05, 4.69) is 0 Å². The molecule has 0 spiro atoms. The second-order valence-corrected chi connectivity index (χ2v) is 0. The summed E-state index contributed by atoms with van der Waals surface area (Å²) in [5.74, 6) is 0. The van der Waals surface area contributed by atoms with Crippen LogP contribution < -0.4 is 0 Å². The van der Waals surface area contributed by atoms with Crippen molar-refractivity contribution in [2.75, 3.05) is 0 Å².